The van der Waals surface area contributed by atoms with Gasteiger partial charge in [0.2, 0.25) is 0 Å². The maximum absolute atomic E-state index is 12.7. The van der Waals surface area contributed by atoms with Gasteiger partial charge in [0.1, 0.15) is 5.82 Å². The Balaban J connectivity index is 1.27. The van der Waals surface area contributed by atoms with Gasteiger partial charge in [-0.15, -0.1) is 5.10 Å². The molecule has 7 nitrogen and oxygen atoms in total. The molecule has 1 saturated heterocycles. The van der Waals surface area contributed by atoms with Crippen molar-refractivity contribution in [3.63, 3.8) is 0 Å². The highest BCUT2D eigenvalue weighted by molar-refractivity contribution is 5.92. The molecule has 1 aliphatic heterocycles. The number of carbonyl (C=O) groups is 1. The standard InChI is InChI=1S/C21H24N6O/c28-21(26-15-13-25(14-16-26)20-10-4-5-11-22-20)19-17-27(24-23-19)12-6-9-18-7-2-1-3-8-18/h1-5,7-8,10-11,17H,6,9,12-16H2. The van der Waals surface area contributed by atoms with Crippen molar-refractivity contribution >= 4 is 11.7 Å². The molecule has 1 aromatic carbocycles. The molecule has 1 amide bonds. The van der Waals surface area contributed by atoms with Crippen molar-refractivity contribution in [2.75, 3.05) is 31.1 Å². The van der Waals surface area contributed by atoms with Crippen LogP contribution in [-0.2, 0) is 13.0 Å². The second kappa shape index (κ2) is 8.65. The van der Waals surface area contributed by atoms with Crippen molar-refractivity contribution in [3.8, 4) is 0 Å². The van der Waals surface area contributed by atoms with E-state index in [1.54, 1.807) is 17.1 Å². The SMILES string of the molecule is O=C(c1cn(CCCc2ccccc2)nn1)N1CCN(c2ccccn2)CC1. The Kier molecular flexibility index (Phi) is 5.61. The van der Waals surface area contributed by atoms with Crippen molar-refractivity contribution in [3.05, 3.63) is 72.2 Å². The largest absolute Gasteiger partial charge is 0.353 e. The number of rotatable bonds is 6. The summed E-state index contributed by atoms with van der Waals surface area (Å²) >= 11 is 0. The van der Waals surface area contributed by atoms with Gasteiger partial charge in [-0.3, -0.25) is 9.48 Å². The summed E-state index contributed by atoms with van der Waals surface area (Å²) in [5.41, 5.74) is 1.73. The smallest absolute Gasteiger partial charge is 0.276 e. The summed E-state index contributed by atoms with van der Waals surface area (Å²) in [7, 11) is 0. The molecule has 1 aliphatic rings. The van der Waals surface area contributed by atoms with E-state index in [4.69, 9.17) is 0 Å². The van der Waals surface area contributed by atoms with Gasteiger partial charge in [-0.05, 0) is 30.5 Å². The Labute approximate surface area is 164 Å². The van der Waals surface area contributed by atoms with Gasteiger partial charge in [-0.25, -0.2) is 4.98 Å². The average molecular weight is 376 g/mol. The number of piperazine rings is 1. The van der Waals surface area contributed by atoms with E-state index in [0.717, 1.165) is 38.3 Å². The monoisotopic (exact) mass is 376 g/mol. The lowest BCUT2D eigenvalue weighted by atomic mass is 10.1. The van der Waals surface area contributed by atoms with Crippen molar-refractivity contribution < 1.29 is 4.79 Å². The second-order valence-corrected chi connectivity index (χ2v) is 6.92. The maximum Gasteiger partial charge on any atom is 0.276 e. The summed E-state index contributed by atoms with van der Waals surface area (Å²) in [5, 5.41) is 8.21. The first-order chi connectivity index (χ1) is 13.8. The first-order valence-electron chi connectivity index (χ1n) is 9.69. The molecule has 0 aliphatic carbocycles. The molecule has 0 radical (unpaired) electrons. The zero-order valence-electron chi connectivity index (χ0n) is 15.8. The Morgan fingerprint density at radius 1 is 0.964 bits per heavy atom. The number of aromatic nitrogens is 4. The molecule has 1 fully saturated rings. The fraction of sp³-hybridized carbons (Fsp3) is 0.333. The van der Waals surface area contributed by atoms with E-state index in [0.29, 0.717) is 18.8 Å². The lowest BCUT2D eigenvalue weighted by Crippen LogP contribution is -2.49. The van der Waals surface area contributed by atoms with Gasteiger partial charge in [-0.2, -0.15) is 0 Å². The molecule has 2 aromatic heterocycles. The quantitative estimate of drug-likeness (QED) is 0.660. The average Bonchev–Trinajstić information content (AvgIpc) is 3.24. The van der Waals surface area contributed by atoms with Crippen molar-refractivity contribution in [2.24, 2.45) is 0 Å². The molecular formula is C21H24N6O. The van der Waals surface area contributed by atoms with Gasteiger partial charge in [0.15, 0.2) is 5.69 Å². The minimum Gasteiger partial charge on any atom is -0.353 e. The molecule has 7 heteroatoms. The van der Waals surface area contributed by atoms with Crippen LogP contribution in [0.15, 0.2) is 60.9 Å². The van der Waals surface area contributed by atoms with E-state index >= 15 is 0 Å². The van der Waals surface area contributed by atoms with Crippen LogP contribution in [0.25, 0.3) is 0 Å². The Morgan fingerprint density at radius 3 is 2.50 bits per heavy atom. The van der Waals surface area contributed by atoms with Crippen LogP contribution in [0.1, 0.15) is 22.5 Å². The van der Waals surface area contributed by atoms with Gasteiger partial charge < -0.3 is 9.80 Å². The van der Waals surface area contributed by atoms with Gasteiger partial charge in [-0.1, -0.05) is 41.6 Å². The highest BCUT2D eigenvalue weighted by Gasteiger charge is 2.24. The molecule has 28 heavy (non-hydrogen) atoms. The number of pyridine rings is 1. The number of carbonyl (C=O) groups excluding carboxylic acids is 1. The third-order valence-electron chi connectivity index (χ3n) is 4.99. The molecule has 0 atom stereocenters. The van der Waals surface area contributed by atoms with Crippen LogP contribution in [0.2, 0.25) is 0 Å². The van der Waals surface area contributed by atoms with Gasteiger partial charge >= 0.3 is 0 Å². The fourth-order valence-corrected chi connectivity index (χ4v) is 3.44. The molecule has 3 heterocycles. The molecule has 0 bridgehead atoms. The normalized spacial score (nSPS) is 14.3. The number of anilines is 1. The van der Waals surface area contributed by atoms with Crippen LogP contribution in [0.4, 0.5) is 5.82 Å². The Morgan fingerprint density at radius 2 is 1.75 bits per heavy atom. The summed E-state index contributed by atoms with van der Waals surface area (Å²) in [5.74, 6) is 0.911. The number of benzene rings is 1. The van der Waals surface area contributed by atoms with Crippen molar-refractivity contribution in [1.82, 2.24) is 24.9 Å². The third kappa shape index (κ3) is 4.36. The molecule has 0 spiro atoms. The maximum atomic E-state index is 12.7. The van der Waals surface area contributed by atoms with Crippen molar-refractivity contribution in [2.45, 2.75) is 19.4 Å². The fourth-order valence-electron chi connectivity index (χ4n) is 3.44. The molecule has 144 valence electrons. The number of hydrogen-bond donors (Lipinski definition) is 0. The molecule has 3 aromatic rings. The number of amides is 1. The third-order valence-corrected chi connectivity index (χ3v) is 4.99. The van der Waals surface area contributed by atoms with E-state index in [9.17, 15) is 4.79 Å². The zero-order valence-corrected chi connectivity index (χ0v) is 15.8. The predicted octanol–water partition coefficient (Wildman–Crippen LogP) is 2.27. The number of nitrogens with zero attached hydrogens (tertiary/aromatic N) is 6. The highest BCUT2D eigenvalue weighted by atomic mass is 16.2. The van der Waals surface area contributed by atoms with E-state index in [2.05, 4.69) is 44.5 Å². The van der Waals surface area contributed by atoms with Crippen LogP contribution in [0, 0.1) is 0 Å². The van der Waals surface area contributed by atoms with E-state index in [1.165, 1.54) is 5.56 Å². The van der Waals surface area contributed by atoms with Crippen LogP contribution < -0.4 is 4.90 Å². The lowest BCUT2D eigenvalue weighted by Gasteiger charge is -2.35. The summed E-state index contributed by atoms with van der Waals surface area (Å²) in [6.07, 6.45) is 5.50. The van der Waals surface area contributed by atoms with E-state index < -0.39 is 0 Å². The Hall–Kier alpha value is -3.22. The van der Waals surface area contributed by atoms with E-state index in [-0.39, 0.29) is 5.91 Å². The minimum absolute atomic E-state index is 0.0463. The van der Waals surface area contributed by atoms with Crippen LogP contribution >= 0.6 is 0 Å². The van der Waals surface area contributed by atoms with Gasteiger partial charge in [0.25, 0.3) is 5.91 Å². The van der Waals surface area contributed by atoms with Crippen LogP contribution in [0.3, 0.4) is 0 Å². The summed E-state index contributed by atoms with van der Waals surface area (Å²) in [4.78, 5) is 21.2. The Bertz CT molecular complexity index is 888. The van der Waals surface area contributed by atoms with Crippen LogP contribution in [0.5, 0.6) is 0 Å². The summed E-state index contributed by atoms with van der Waals surface area (Å²) < 4.78 is 1.76. The number of aryl methyl sites for hydroxylation is 2. The van der Waals surface area contributed by atoms with Gasteiger partial charge in [0, 0.05) is 38.9 Å². The molecule has 4 rings (SSSR count). The topological polar surface area (TPSA) is 67.2 Å². The first kappa shape index (κ1) is 18.2. The van der Waals surface area contributed by atoms with Crippen LogP contribution in [-0.4, -0.2) is 57.0 Å². The minimum atomic E-state index is -0.0463. The first-order valence-corrected chi connectivity index (χ1v) is 9.69. The molecule has 0 saturated carbocycles. The van der Waals surface area contributed by atoms with Crippen molar-refractivity contribution in [1.29, 1.82) is 0 Å². The molecule has 0 N–H and O–H groups in total. The van der Waals surface area contributed by atoms with Gasteiger partial charge in [0.05, 0.1) is 6.20 Å². The van der Waals surface area contributed by atoms with E-state index in [1.807, 2.05) is 29.2 Å². The zero-order chi connectivity index (χ0) is 19.2. The number of hydrogen-bond acceptors (Lipinski definition) is 5. The molecule has 0 unspecified atom stereocenters. The lowest BCUT2D eigenvalue weighted by molar-refractivity contribution is 0.0740. The molecular weight excluding hydrogens is 352 g/mol. The summed E-state index contributed by atoms with van der Waals surface area (Å²) in [6, 6.07) is 16.3. The highest BCUT2D eigenvalue weighted by Crippen LogP contribution is 2.14. The second-order valence-electron chi connectivity index (χ2n) is 6.92. The predicted molar refractivity (Wildman–Crippen MR) is 107 cm³/mol. The summed E-state index contributed by atoms with van der Waals surface area (Å²) in [6.45, 7) is 3.62.